The van der Waals surface area contributed by atoms with E-state index in [9.17, 15) is 14.3 Å². The first-order valence-corrected chi connectivity index (χ1v) is 7.57. The van der Waals surface area contributed by atoms with E-state index in [-0.39, 0.29) is 18.3 Å². The minimum Gasteiger partial charge on any atom is -0.384 e. The molecule has 0 radical (unpaired) electrons. The lowest BCUT2D eigenvalue weighted by Gasteiger charge is -2.24. The van der Waals surface area contributed by atoms with Crippen LogP contribution in [0.4, 0.5) is 4.39 Å². The van der Waals surface area contributed by atoms with Crippen molar-refractivity contribution >= 4 is 16.8 Å². The number of aliphatic hydroxyl groups is 1. The summed E-state index contributed by atoms with van der Waals surface area (Å²) in [5.41, 5.74) is 0.548. The number of carbonyl (C=O) groups excluding carboxylic acids is 1. The second-order valence-electron chi connectivity index (χ2n) is 5.87. The zero-order chi connectivity index (χ0) is 17.2. The molecular formula is C19H17FN2O2. The van der Waals surface area contributed by atoms with Gasteiger partial charge in [-0.2, -0.15) is 0 Å². The number of nitrogens with zero attached hydrogens (tertiary/aromatic N) is 1. The van der Waals surface area contributed by atoms with Gasteiger partial charge in [-0.1, -0.05) is 18.2 Å². The molecule has 0 aliphatic carbocycles. The Morgan fingerprint density at radius 2 is 1.96 bits per heavy atom. The number of carbonyl (C=O) groups is 1. The Hall–Kier alpha value is -2.79. The Labute approximate surface area is 139 Å². The molecule has 1 atom stereocenters. The van der Waals surface area contributed by atoms with Crippen LogP contribution in [0.15, 0.2) is 60.8 Å². The van der Waals surface area contributed by atoms with Gasteiger partial charge in [0.1, 0.15) is 11.4 Å². The molecule has 4 nitrogen and oxygen atoms in total. The van der Waals surface area contributed by atoms with Crippen molar-refractivity contribution in [3.8, 4) is 0 Å². The monoisotopic (exact) mass is 324 g/mol. The van der Waals surface area contributed by atoms with E-state index in [0.717, 1.165) is 10.9 Å². The van der Waals surface area contributed by atoms with E-state index in [1.807, 2.05) is 12.1 Å². The predicted octanol–water partition coefficient (Wildman–Crippen LogP) is 3.01. The van der Waals surface area contributed by atoms with Crippen molar-refractivity contribution in [2.75, 3.05) is 6.54 Å². The van der Waals surface area contributed by atoms with Crippen LogP contribution in [0.1, 0.15) is 22.8 Å². The normalized spacial score (nSPS) is 13.5. The first kappa shape index (κ1) is 16.1. The molecule has 5 heteroatoms. The molecule has 2 N–H and O–H groups in total. The fourth-order valence-electron chi connectivity index (χ4n) is 2.48. The SMILES string of the molecule is CC(O)(CNC(=O)c1ccc2ncccc2c1)c1ccc(F)cc1. The molecule has 1 amide bonds. The average molecular weight is 324 g/mol. The predicted molar refractivity (Wildman–Crippen MR) is 90.0 cm³/mol. The molecule has 24 heavy (non-hydrogen) atoms. The molecular weight excluding hydrogens is 307 g/mol. The number of amides is 1. The number of rotatable bonds is 4. The molecule has 0 aliphatic heterocycles. The van der Waals surface area contributed by atoms with E-state index >= 15 is 0 Å². The van der Waals surface area contributed by atoms with Crippen molar-refractivity contribution in [1.29, 1.82) is 0 Å². The van der Waals surface area contributed by atoms with Crippen LogP contribution >= 0.6 is 0 Å². The van der Waals surface area contributed by atoms with Crippen molar-refractivity contribution in [3.05, 3.63) is 77.7 Å². The Morgan fingerprint density at radius 1 is 1.21 bits per heavy atom. The first-order valence-electron chi connectivity index (χ1n) is 7.57. The van der Waals surface area contributed by atoms with Crippen molar-refractivity contribution in [3.63, 3.8) is 0 Å². The smallest absolute Gasteiger partial charge is 0.251 e. The van der Waals surface area contributed by atoms with Crippen molar-refractivity contribution in [2.45, 2.75) is 12.5 Å². The first-order chi connectivity index (χ1) is 11.5. The van der Waals surface area contributed by atoms with Gasteiger partial charge in [-0.25, -0.2) is 4.39 Å². The average Bonchev–Trinajstić information content (AvgIpc) is 2.59. The minimum absolute atomic E-state index is 0.0164. The van der Waals surface area contributed by atoms with Crippen LogP contribution in [0, 0.1) is 5.82 Å². The molecule has 0 bridgehead atoms. The second kappa shape index (κ2) is 6.37. The molecule has 2 aromatic carbocycles. The maximum absolute atomic E-state index is 13.0. The lowest BCUT2D eigenvalue weighted by atomic mass is 9.96. The molecule has 122 valence electrons. The molecule has 0 fully saturated rings. The summed E-state index contributed by atoms with van der Waals surface area (Å²) in [7, 11) is 0. The third-order valence-corrected chi connectivity index (χ3v) is 3.92. The number of aromatic nitrogens is 1. The molecule has 0 spiro atoms. The summed E-state index contributed by atoms with van der Waals surface area (Å²) in [5, 5.41) is 14.1. The quantitative estimate of drug-likeness (QED) is 0.775. The Morgan fingerprint density at radius 3 is 2.71 bits per heavy atom. The molecule has 0 saturated carbocycles. The van der Waals surface area contributed by atoms with Gasteiger partial charge >= 0.3 is 0 Å². The van der Waals surface area contributed by atoms with E-state index in [1.165, 1.54) is 24.3 Å². The van der Waals surface area contributed by atoms with E-state index in [4.69, 9.17) is 0 Å². The summed E-state index contributed by atoms with van der Waals surface area (Å²) < 4.78 is 13.0. The van der Waals surface area contributed by atoms with Crippen molar-refractivity contribution in [2.24, 2.45) is 0 Å². The molecule has 0 saturated heterocycles. The number of hydrogen-bond donors (Lipinski definition) is 2. The number of nitrogens with one attached hydrogen (secondary N) is 1. The van der Waals surface area contributed by atoms with Crippen LogP contribution in [0.2, 0.25) is 0 Å². The molecule has 1 heterocycles. The highest BCUT2D eigenvalue weighted by Gasteiger charge is 2.24. The summed E-state index contributed by atoms with van der Waals surface area (Å²) in [6.45, 7) is 1.59. The third-order valence-electron chi connectivity index (χ3n) is 3.92. The zero-order valence-electron chi connectivity index (χ0n) is 13.2. The maximum Gasteiger partial charge on any atom is 0.251 e. The van der Waals surface area contributed by atoms with Gasteiger partial charge in [0.2, 0.25) is 0 Å². The van der Waals surface area contributed by atoms with E-state index in [2.05, 4.69) is 10.3 Å². The van der Waals surface area contributed by atoms with E-state index in [0.29, 0.717) is 11.1 Å². The van der Waals surface area contributed by atoms with Gasteiger partial charge in [0, 0.05) is 17.1 Å². The Balaban J connectivity index is 1.72. The van der Waals surface area contributed by atoms with Gasteiger partial charge in [-0.15, -0.1) is 0 Å². The molecule has 3 rings (SSSR count). The van der Waals surface area contributed by atoms with Crippen molar-refractivity contribution < 1.29 is 14.3 Å². The van der Waals surface area contributed by atoms with Gasteiger partial charge in [0.05, 0.1) is 12.1 Å². The second-order valence-corrected chi connectivity index (χ2v) is 5.87. The lowest BCUT2D eigenvalue weighted by molar-refractivity contribution is 0.0526. The lowest BCUT2D eigenvalue weighted by Crippen LogP contribution is -2.38. The molecule has 1 aromatic heterocycles. The summed E-state index contributed by atoms with van der Waals surface area (Å²) in [5.74, 6) is -0.661. The standard InChI is InChI=1S/C19H17FN2O2/c1-19(24,15-5-7-16(20)8-6-15)12-22-18(23)14-4-9-17-13(11-14)3-2-10-21-17/h2-11,24H,12H2,1H3,(H,22,23). The number of fused-ring (bicyclic) bond motifs is 1. The van der Waals surface area contributed by atoms with Gasteiger partial charge in [0.15, 0.2) is 0 Å². The summed E-state index contributed by atoms with van der Waals surface area (Å²) in [6, 6.07) is 14.5. The Kier molecular flexibility index (Phi) is 4.27. The summed E-state index contributed by atoms with van der Waals surface area (Å²) >= 11 is 0. The van der Waals surface area contributed by atoms with Gasteiger partial charge < -0.3 is 10.4 Å². The summed E-state index contributed by atoms with van der Waals surface area (Å²) in [6.07, 6.45) is 1.70. The fraction of sp³-hybridized carbons (Fsp3) is 0.158. The number of hydrogen-bond acceptors (Lipinski definition) is 3. The van der Waals surface area contributed by atoms with Crippen LogP contribution in [-0.2, 0) is 5.60 Å². The van der Waals surface area contributed by atoms with Gasteiger partial charge in [-0.05, 0) is 48.9 Å². The Bertz CT molecular complexity index is 876. The molecule has 3 aromatic rings. The zero-order valence-corrected chi connectivity index (χ0v) is 13.2. The van der Waals surface area contributed by atoms with Crippen LogP contribution < -0.4 is 5.32 Å². The number of pyridine rings is 1. The van der Waals surface area contributed by atoms with E-state index < -0.39 is 5.60 Å². The summed E-state index contributed by atoms with van der Waals surface area (Å²) in [4.78, 5) is 16.5. The third kappa shape index (κ3) is 3.41. The molecule has 1 unspecified atom stereocenters. The van der Waals surface area contributed by atoms with Crippen LogP contribution in [0.3, 0.4) is 0 Å². The van der Waals surface area contributed by atoms with Crippen molar-refractivity contribution in [1.82, 2.24) is 10.3 Å². The van der Waals surface area contributed by atoms with Crippen LogP contribution in [0.25, 0.3) is 10.9 Å². The van der Waals surface area contributed by atoms with Crippen LogP contribution in [-0.4, -0.2) is 22.5 Å². The fourth-order valence-corrected chi connectivity index (χ4v) is 2.48. The maximum atomic E-state index is 13.0. The highest BCUT2D eigenvalue weighted by Crippen LogP contribution is 2.20. The number of halogens is 1. The van der Waals surface area contributed by atoms with Gasteiger partial charge in [-0.3, -0.25) is 9.78 Å². The van der Waals surface area contributed by atoms with Gasteiger partial charge in [0.25, 0.3) is 5.91 Å². The topological polar surface area (TPSA) is 62.2 Å². The largest absolute Gasteiger partial charge is 0.384 e. The number of benzene rings is 2. The van der Waals surface area contributed by atoms with E-state index in [1.54, 1.807) is 31.3 Å². The van der Waals surface area contributed by atoms with Crippen LogP contribution in [0.5, 0.6) is 0 Å². The molecule has 0 aliphatic rings. The highest BCUT2D eigenvalue weighted by molar-refractivity contribution is 5.97. The highest BCUT2D eigenvalue weighted by atomic mass is 19.1. The minimum atomic E-state index is -1.29.